The van der Waals surface area contributed by atoms with Gasteiger partial charge in [0, 0.05) is 24.2 Å². The molecule has 1 saturated heterocycles. The van der Waals surface area contributed by atoms with Crippen molar-refractivity contribution >= 4 is 0 Å². The van der Waals surface area contributed by atoms with Crippen LogP contribution in [0.15, 0.2) is 48.5 Å². The average Bonchev–Trinajstić information content (AvgIpc) is 2.71. The van der Waals surface area contributed by atoms with Crippen LogP contribution in [0.2, 0.25) is 0 Å². The van der Waals surface area contributed by atoms with Crippen LogP contribution in [0, 0.1) is 11.3 Å². The van der Waals surface area contributed by atoms with Gasteiger partial charge in [-0.05, 0) is 63.5 Å². The fourth-order valence-electron chi connectivity index (χ4n) is 3.54. The summed E-state index contributed by atoms with van der Waals surface area (Å²) in [4.78, 5) is 2.55. The molecule has 1 fully saturated rings. The van der Waals surface area contributed by atoms with E-state index < -0.39 is 0 Å². The van der Waals surface area contributed by atoms with Crippen LogP contribution in [-0.2, 0) is 13.2 Å². The molecule has 0 aromatic heterocycles. The summed E-state index contributed by atoms with van der Waals surface area (Å²) in [7, 11) is 0. The Hall–Kier alpha value is -2.35. The third kappa shape index (κ3) is 5.56. The summed E-state index contributed by atoms with van der Waals surface area (Å²) < 4.78 is 5.92. The van der Waals surface area contributed by atoms with Crippen molar-refractivity contribution in [2.24, 2.45) is 0 Å². The maximum absolute atomic E-state index is 9.18. The summed E-state index contributed by atoms with van der Waals surface area (Å²) in [5.41, 5.74) is 2.82. The molecule has 1 heterocycles. The van der Waals surface area contributed by atoms with Crippen molar-refractivity contribution in [2.75, 3.05) is 13.1 Å². The van der Waals surface area contributed by atoms with Crippen LogP contribution < -0.4 is 10.1 Å². The summed E-state index contributed by atoms with van der Waals surface area (Å²) in [5, 5.41) is 12.9. The van der Waals surface area contributed by atoms with E-state index in [1.54, 1.807) is 0 Å². The van der Waals surface area contributed by atoms with Gasteiger partial charge in [-0.2, -0.15) is 5.26 Å². The van der Waals surface area contributed by atoms with Gasteiger partial charge in [-0.3, -0.25) is 0 Å². The molecule has 0 bridgehead atoms. The number of hydrogen-bond donors (Lipinski definition) is 1. The number of piperidine rings is 1. The Morgan fingerprint density at radius 1 is 1.15 bits per heavy atom. The number of nitrogens with zero attached hydrogens (tertiary/aromatic N) is 2. The lowest BCUT2D eigenvalue weighted by atomic mass is 10.0. The second kappa shape index (κ2) is 9.55. The number of likely N-dealkylation sites (tertiary alicyclic amines) is 1. The second-order valence-electron chi connectivity index (χ2n) is 7.49. The summed E-state index contributed by atoms with van der Waals surface area (Å²) in [5.74, 6) is 0.844. The van der Waals surface area contributed by atoms with E-state index in [4.69, 9.17) is 4.74 Å². The van der Waals surface area contributed by atoms with E-state index in [1.165, 1.54) is 31.5 Å². The molecule has 0 atom stereocenters. The topological polar surface area (TPSA) is 48.3 Å². The van der Waals surface area contributed by atoms with Crippen molar-refractivity contribution in [3.05, 3.63) is 65.2 Å². The predicted molar refractivity (Wildman–Crippen MR) is 109 cm³/mol. The zero-order chi connectivity index (χ0) is 19.1. The molecule has 27 heavy (non-hydrogen) atoms. The minimum Gasteiger partial charge on any atom is -0.489 e. The van der Waals surface area contributed by atoms with Gasteiger partial charge in [0.15, 0.2) is 0 Å². The molecule has 142 valence electrons. The highest BCUT2D eigenvalue weighted by Crippen LogP contribution is 2.18. The van der Waals surface area contributed by atoms with E-state index in [-0.39, 0.29) is 0 Å². The summed E-state index contributed by atoms with van der Waals surface area (Å²) in [6.07, 6.45) is 2.42. The fraction of sp³-hybridized carbons (Fsp3) is 0.435. The van der Waals surface area contributed by atoms with Crippen molar-refractivity contribution in [1.29, 1.82) is 5.26 Å². The van der Waals surface area contributed by atoms with Crippen molar-refractivity contribution in [3.8, 4) is 11.8 Å². The smallest absolute Gasteiger partial charge is 0.120 e. The van der Waals surface area contributed by atoms with Gasteiger partial charge in [0.1, 0.15) is 12.4 Å². The first-order valence-corrected chi connectivity index (χ1v) is 9.83. The first-order chi connectivity index (χ1) is 13.2. The highest BCUT2D eigenvalue weighted by Gasteiger charge is 2.20. The molecular weight excluding hydrogens is 334 g/mol. The van der Waals surface area contributed by atoms with E-state index in [0.717, 1.165) is 17.9 Å². The first-order valence-electron chi connectivity index (χ1n) is 9.83. The SMILES string of the molecule is CC(C)N1CCC(NCc2cccc(OCc3ccccc3C#N)c2)CC1. The fourth-order valence-corrected chi connectivity index (χ4v) is 3.54. The molecule has 2 aromatic rings. The molecule has 4 nitrogen and oxygen atoms in total. The van der Waals surface area contributed by atoms with E-state index in [1.807, 2.05) is 36.4 Å². The van der Waals surface area contributed by atoms with Crippen LogP contribution in [0.25, 0.3) is 0 Å². The van der Waals surface area contributed by atoms with Crippen LogP contribution in [0.3, 0.4) is 0 Å². The molecule has 0 spiro atoms. The predicted octanol–water partition coefficient (Wildman–Crippen LogP) is 4.10. The van der Waals surface area contributed by atoms with Crippen LogP contribution in [0.1, 0.15) is 43.4 Å². The molecule has 1 aliphatic heterocycles. The van der Waals surface area contributed by atoms with E-state index >= 15 is 0 Å². The van der Waals surface area contributed by atoms with Gasteiger partial charge in [-0.15, -0.1) is 0 Å². The number of nitrogens with one attached hydrogen (secondary N) is 1. The quantitative estimate of drug-likeness (QED) is 0.805. The van der Waals surface area contributed by atoms with Crippen LogP contribution >= 0.6 is 0 Å². The molecule has 0 radical (unpaired) electrons. The van der Waals surface area contributed by atoms with Gasteiger partial charge in [0.2, 0.25) is 0 Å². The summed E-state index contributed by atoms with van der Waals surface area (Å²) in [6, 6.07) is 19.2. The van der Waals surface area contributed by atoms with Gasteiger partial charge in [0.25, 0.3) is 0 Å². The normalized spacial score (nSPS) is 15.6. The van der Waals surface area contributed by atoms with Crippen molar-refractivity contribution in [3.63, 3.8) is 0 Å². The number of ether oxygens (including phenoxy) is 1. The number of hydrogen-bond acceptors (Lipinski definition) is 4. The third-order valence-corrected chi connectivity index (χ3v) is 5.29. The van der Waals surface area contributed by atoms with E-state index in [0.29, 0.717) is 24.3 Å². The standard InChI is InChI=1S/C23H29N3O/c1-18(2)26-12-10-22(11-13-26)25-16-19-6-5-9-23(14-19)27-17-21-8-4-3-7-20(21)15-24/h3-9,14,18,22,25H,10-13,16-17H2,1-2H3. The molecule has 2 aromatic carbocycles. The molecule has 0 saturated carbocycles. The third-order valence-electron chi connectivity index (χ3n) is 5.29. The van der Waals surface area contributed by atoms with E-state index in [9.17, 15) is 5.26 Å². The minimum atomic E-state index is 0.411. The lowest BCUT2D eigenvalue weighted by molar-refractivity contribution is 0.161. The Balaban J connectivity index is 1.50. The lowest BCUT2D eigenvalue weighted by Crippen LogP contribution is -2.44. The van der Waals surface area contributed by atoms with Gasteiger partial charge < -0.3 is 15.0 Å². The molecule has 1 N–H and O–H groups in total. The second-order valence-corrected chi connectivity index (χ2v) is 7.49. The van der Waals surface area contributed by atoms with Gasteiger partial charge in [0.05, 0.1) is 11.6 Å². The van der Waals surface area contributed by atoms with Crippen LogP contribution in [-0.4, -0.2) is 30.1 Å². The van der Waals surface area contributed by atoms with Crippen LogP contribution in [0.5, 0.6) is 5.75 Å². The number of nitriles is 1. The Labute approximate surface area is 162 Å². The Morgan fingerprint density at radius 2 is 1.93 bits per heavy atom. The molecule has 0 unspecified atom stereocenters. The molecule has 1 aliphatic rings. The Bertz CT molecular complexity index is 773. The highest BCUT2D eigenvalue weighted by molar-refractivity contribution is 5.37. The largest absolute Gasteiger partial charge is 0.489 e. The first kappa shape index (κ1) is 19.4. The monoisotopic (exact) mass is 363 g/mol. The van der Waals surface area contributed by atoms with Crippen molar-refractivity contribution < 1.29 is 4.74 Å². The van der Waals surface area contributed by atoms with Crippen molar-refractivity contribution in [2.45, 2.75) is 51.9 Å². The Morgan fingerprint density at radius 3 is 2.67 bits per heavy atom. The summed E-state index contributed by atoms with van der Waals surface area (Å²) >= 11 is 0. The molecule has 0 amide bonds. The molecule has 0 aliphatic carbocycles. The van der Waals surface area contributed by atoms with Crippen molar-refractivity contribution in [1.82, 2.24) is 10.2 Å². The summed E-state index contributed by atoms with van der Waals surface area (Å²) in [6.45, 7) is 8.17. The zero-order valence-electron chi connectivity index (χ0n) is 16.3. The van der Waals surface area contributed by atoms with Gasteiger partial charge >= 0.3 is 0 Å². The maximum atomic E-state index is 9.18. The Kier molecular flexibility index (Phi) is 6.86. The molecular formula is C23H29N3O. The van der Waals surface area contributed by atoms with Gasteiger partial charge in [-0.1, -0.05) is 30.3 Å². The number of benzene rings is 2. The van der Waals surface area contributed by atoms with Crippen LogP contribution in [0.4, 0.5) is 0 Å². The average molecular weight is 364 g/mol. The number of rotatable bonds is 7. The highest BCUT2D eigenvalue weighted by atomic mass is 16.5. The zero-order valence-corrected chi connectivity index (χ0v) is 16.3. The van der Waals surface area contributed by atoms with E-state index in [2.05, 4.69) is 42.3 Å². The molecule has 4 heteroatoms. The van der Waals surface area contributed by atoms with Gasteiger partial charge in [-0.25, -0.2) is 0 Å². The lowest BCUT2D eigenvalue weighted by Gasteiger charge is -2.35. The molecule has 3 rings (SSSR count). The maximum Gasteiger partial charge on any atom is 0.120 e. The minimum absolute atomic E-state index is 0.411.